The topological polar surface area (TPSA) is 24.7 Å². The van der Waals surface area contributed by atoms with Crippen LogP contribution in [0, 0.1) is 0 Å². The van der Waals surface area contributed by atoms with Crippen LogP contribution in [-0.2, 0) is 10.9 Å². The average molecular weight is 807 g/mol. The first-order valence-electron chi connectivity index (χ1n) is 16.0. The van der Waals surface area contributed by atoms with Gasteiger partial charge in [0.2, 0.25) is 0 Å². The van der Waals surface area contributed by atoms with Crippen LogP contribution < -0.4 is 0 Å². The van der Waals surface area contributed by atoms with Crippen molar-refractivity contribution in [2.45, 2.75) is 13.8 Å². The molecule has 0 spiro atoms. The molecule has 0 radical (unpaired) electrons. The summed E-state index contributed by atoms with van der Waals surface area (Å²) in [5, 5.41) is 9.54. The van der Waals surface area contributed by atoms with E-state index in [1.165, 1.54) is 43.2 Å². The maximum atomic E-state index is 5.35. The molecule has 0 bridgehead atoms. The minimum absolute atomic E-state index is 0.931. The molecule has 0 saturated heterocycles. The second-order valence-corrected chi connectivity index (χ2v) is 16.9. The van der Waals surface area contributed by atoms with E-state index in [1.807, 2.05) is 0 Å². The maximum absolute atomic E-state index is 5.35. The third kappa shape index (κ3) is 7.03. The van der Waals surface area contributed by atoms with E-state index in [-0.39, 0.29) is 0 Å². The molecule has 0 aliphatic carbocycles. The van der Waals surface area contributed by atoms with Crippen LogP contribution in [0.2, 0.25) is 0 Å². The van der Waals surface area contributed by atoms with Crippen molar-refractivity contribution in [1.82, 2.24) is 0 Å². The molecule has 49 heavy (non-hydrogen) atoms. The molecule has 5 heteroatoms. The van der Waals surface area contributed by atoms with E-state index in [9.17, 15) is 0 Å². The molecule has 0 saturated carbocycles. The van der Waals surface area contributed by atoms with Crippen molar-refractivity contribution in [3.8, 4) is 11.1 Å². The molecule has 2 nitrogen and oxygen atoms in total. The Balaban J connectivity index is 0.00000122. The molecule has 242 valence electrons. The number of nitrogens with zero attached hydrogens (tertiary/aromatic N) is 2. The fraction of sp³-hybridized carbons (Fsp3) is 0.0455. The van der Waals surface area contributed by atoms with Gasteiger partial charge in [0, 0.05) is 22.6 Å². The number of benzene rings is 8. The third-order valence-corrected chi connectivity index (χ3v) is 8.97. The summed E-state index contributed by atoms with van der Waals surface area (Å²) in [5.74, 6) is 0. The van der Waals surface area contributed by atoms with Gasteiger partial charge in [0.25, 0.3) is 0 Å². The van der Waals surface area contributed by atoms with Crippen LogP contribution in [-0.4, -0.2) is 11.4 Å². The summed E-state index contributed by atoms with van der Waals surface area (Å²) >= 11 is 6.00. The van der Waals surface area contributed by atoms with Gasteiger partial charge in [-0.05, 0) is 92.3 Å². The van der Waals surface area contributed by atoms with Crippen LogP contribution in [0.3, 0.4) is 0 Å². The predicted octanol–water partition coefficient (Wildman–Crippen LogP) is 13.9. The van der Waals surface area contributed by atoms with E-state index in [2.05, 4.69) is 200 Å². The molecule has 8 aromatic rings. The molecule has 0 unspecified atom stereocenters. The predicted molar refractivity (Wildman–Crippen MR) is 216 cm³/mol. The Morgan fingerprint density at radius 1 is 0.408 bits per heavy atom. The van der Waals surface area contributed by atoms with Gasteiger partial charge in [0.15, 0.2) is 0 Å². The Hall–Kier alpha value is -4.41. The van der Waals surface area contributed by atoms with E-state index < -0.39 is 0 Å². The van der Waals surface area contributed by atoms with Crippen LogP contribution in [0.4, 0.5) is 11.4 Å². The van der Waals surface area contributed by atoms with Gasteiger partial charge in [-0.2, -0.15) is 0 Å². The standard InChI is InChI=1S/C44H32N2.2BrH.Ni/c1-29(35-21-19-31-11-3-5-15-37(31)27-35)45-41-25-23-33-13-7-9-17-39(33)43(41)44-40-18-10-8-14-34(40)24-26-42(44)46-30(2)36-22-20-32-12-4-6-16-38(32)28-36;;;/h3-28H,1-2H3;2*1H;/q;;;+2/p-2. The quantitative estimate of drug-likeness (QED) is 0.122. The molecule has 0 atom stereocenters. The van der Waals surface area contributed by atoms with Gasteiger partial charge in [0.1, 0.15) is 0 Å². The van der Waals surface area contributed by atoms with Gasteiger partial charge >= 0.3 is 39.3 Å². The third-order valence-electron chi connectivity index (χ3n) is 8.97. The normalized spacial score (nSPS) is 12.1. The number of aliphatic imine (C=N–C) groups is 2. The summed E-state index contributed by atoms with van der Waals surface area (Å²) < 4.78 is 0. The van der Waals surface area contributed by atoms with Gasteiger partial charge in [0.05, 0.1) is 11.4 Å². The monoisotopic (exact) mass is 804 g/mol. The zero-order chi connectivity index (χ0) is 33.7. The number of hydrogen-bond acceptors (Lipinski definition) is 2. The Morgan fingerprint density at radius 3 is 1.14 bits per heavy atom. The van der Waals surface area contributed by atoms with E-state index in [4.69, 9.17) is 9.98 Å². The van der Waals surface area contributed by atoms with Gasteiger partial charge in [-0.25, -0.2) is 0 Å². The summed E-state index contributed by atoms with van der Waals surface area (Å²) in [6.45, 7) is 4.21. The number of fused-ring (bicyclic) bond motifs is 4. The molecule has 0 aliphatic heterocycles. The summed E-state index contributed by atoms with van der Waals surface area (Å²) in [7, 11) is 1.25. The number of hydrogen-bond donors (Lipinski definition) is 0. The van der Waals surface area contributed by atoms with Crippen LogP contribution >= 0.6 is 28.5 Å². The van der Waals surface area contributed by atoms with Gasteiger partial charge in [-0.1, -0.05) is 133 Å². The number of rotatable bonds is 5. The Bertz CT molecular complexity index is 2360. The summed E-state index contributed by atoms with van der Waals surface area (Å²) in [6, 6.07) is 56.0. The first-order valence-corrected chi connectivity index (χ1v) is 20.9. The van der Waals surface area contributed by atoms with E-state index in [0.717, 1.165) is 55.8 Å². The Labute approximate surface area is 307 Å². The van der Waals surface area contributed by atoms with E-state index in [0.29, 0.717) is 0 Å². The van der Waals surface area contributed by atoms with Crippen molar-refractivity contribution in [2.75, 3.05) is 0 Å². The second-order valence-electron chi connectivity index (χ2n) is 11.9. The molecule has 0 aliphatic rings. The van der Waals surface area contributed by atoms with E-state index in [1.54, 1.807) is 0 Å². The van der Waals surface area contributed by atoms with Crippen molar-refractivity contribution in [1.29, 1.82) is 0 Å². The Kier molecular flexibility index (Phi) is 10.1. The molecular formula is C44H32Br2N2Ni. The molecule has 0 amide bonds. The molecule has 0 heterocycles. The van der Waals surface area contributed by atoms with Crippen LogP contribution in [0.15, 0.2) is 168 Å². The fourth-order valence-electron chi connectivity index (χ4n) is 6.55. The molecule has 0 fully saturated rings. The van der Waals surface area contributed by atoms with Gasteiger partial charge in [-0.3, -0.25) is 9.98 Å². The van der Waals surface area contributed by atoms with Crippen molar-refractivity contribution in [3.63, 3.8) is 0 Å². The Morgan fingerprint density at radius 2 is 0.735 bits per heavy atom. The number of halogens is 2. The summed E-state index contributed by atoms with van der Waals surface area (Å²) in [6.07, 6.45) is 0. The molecule has 0 N–H and O–H groups in total. The first kappa shape index (κ1) is 33.1. The summed E-state index contributed by atoms with van der Waals surface area (Å²) in [5.41, 5.74) is 8.23. The van der Waals surface area contributed by atoms with Crippen LogP contribution in [0.1, 0.15) is 25.0 Å². The molecular weight excluding hydrogens is 775 g/mol. The zero-order valence-corrected chi connectivity index (χ0v) is 31.1. The van der Waals surface area contributed by atoms with Crippen molar-refractivity contribution < 1.29 is 10.9 Å². The molecule has 0 aromatic heterocycles. The molecule has 8 aromatic carbocycles. The summed E-state index contributed by atoms with van der Waals surface area (Å²) in [4.78, 5) is 10.7. The fourth-order valence-corrected chi connectivity index (χ4v) is 6.55. The average Bonchev–Trinajstić information content (AvgIpc) is 3.15. The van der Waals surface area contributed by atoms with Gasteiger partial charge in [-0.15, -0.1) is 0 Å². The minimum atomic E-state index is 0.931. The van der Waals surface area contributed by atoms with Crippen LogP contribution in [0.5, 0.6) is 0 Å². The van der Waals surface area contributed by atoms with Crippen LogP contribution in [0.25, 0.3) is 54.2 Å². The van der Waals surface area contributed by atoms with Crippen molar-refractivity contribution >= 4 is 94.3 Å². The first-order chi connectivity index (χ1) is 24.0. The SMILES string of the molecule is CC(=Nc1ccc2ccccc2c1-c1c(N=C(C)c2ccc3ccccc3c2)ccc2ccccc12)c1ccc2ccccc2c1.[Br][Ni][Br]. The zero-order valence-electron chi connectivity index (χ0n) is 27.0. The molecule has 8 rings (SSSR count). The van der Waals surface area contributed by atoms with Gasteiger partial charge < -0.3 is 0 Å². The van der Waals surface area contributed by atoms with Crippen molar-refractivity contribution in [3.05, 3.63) is 169 Å². The van der Waals surface area contributed by atoms with Crippen molar-refractivity contribution in [2.24, 2.45) is 9.98 Å². The second kappa shape index (κ2) is 15.0. The van der Waals surface area contributed by atoms with E-state index >= 15 is 0 Å².